The first kappa shape index (κ1) is 18.3. The number of halogens is 1. The number of aromatic amines is 1. The maximum atomic E-state index is 13.1. The summed E-state index contributed by atoms with van der Waals surface area (Å²) < 4.78 is 19.9. The first-order valence-electron chi connectivity index (χ1n) is 8.62. The largest absolute Gasteiger partial charge is 0.496 e. The van der Waals surface area contributed by atoms with Gasteiger partial charge in [0.05, 0.1) is 18.4 Å². The molecule has 0 saturated heterocycles. The Balaban J connectivity index is 1.54. The van der Waals surface area contributed by atoms with E-state index in [1.165, 1.54) is 16.8 Å². The second kappa shape index (κ2) is 7.50. The Hall–Kier alpha value is -4.08. The van der Waals surface area contributed by atoms with Crippen LogP contribution in [0.3, 0.4) is 0 Å². The molecule has 9 nitrogen and oxygen atoms in total. The van der Waals surface area contributed by atoms with E-state index in [2.05, 4.69) is 30.6 Å². The number of aromatic nitrogens is 6. The Bertz CT molecular complexity index is 1170. The van der Waals surface area contributed by atoms with Crippen LogP contribution in [0, 0.1) is 12.7 Å². The van der Waals surface area contributed by atoms with Gasteiger partial charge in [-0.05, 0) is 43.3 Å². The van der Waals surface area contributed by atoms with Gasteiger partial charge in [0.2, 0.25) is 11.8 Å². The van der Waals surface area contributed by atoms with Crippen molar-refractivity contribution in [2.24, 2.45) is 0 Å². The standard InChI is InChI=1S/C19H16FN7O2/c1-11-21-17(26-27(11)13-9-7-12(20)8-10-13)18(28)23-19-22-16(24-25-19)14-5-3-4-6-15(14)29-2/h3-10H,1-2H3,(H2,22,23,24,25,28). The third-order valence-electron chi connectivity index (χ3n) is 4.12. The van der Waals surface area contributed by atoms with Crippen LogP contribution in [0.5, 0.6) is 5.75 Å². The Morgan fingerprint density at radius 3 is 2.66 bits per heavy atom. The van der Waals surface area contributed by atoms with E-state index in [1.54, 1.807) is 32.2 Å². The zero-order chi connectivity index (χ0) is 20.4. The molecule has 0 aliphatic carbocycles. The van der Waals surface area contributed by atoms with Gasteiger partial charge < -0.3 is 4.74 Å². The third kappa shape index (κ3) is 3.68. The minimum Gasteiger partial charge on any atom is -0.496 e. The van der Waals surface area contributed by atoms with Gasteiger partial charge in [-0.2, -0.15) is 4.98 Å². The van der Waals surface area contributed by atoms with Crippen LogP contribution in [0.25, 0.3) is 17.1 Å². The maximum absolute atomic E-state index is 13.1. The van der Waals surface area contributed by atoms with E-state index in [0.717, 1.165) is 0 Å². The van der Waals surface area contributed by atoms with Crippen molar-refractivity contribution in [1.82, 2.24) is 29.9 Å². The molecule has 0 saturated carbocycles. The predicted molar refractivity (Wildman–Crippen MR) is 102 cm³/mol. The number of amides is 1. The van der Waals surface area contributed by atoms with Crippen LogP contribution in [0.4, 0.5) is 10.3 Å². The molecule has 2 heterocycles. The number of nitrogens with one attached hydrogen (secondary N) is 2. The van der Waals surface area contributed by atoms with Crippen molar-refractivity contribution < 1.29 is 13.9 Å². The van der Waals surface area contributed by atoms with E-state index in [9.17, 15) is 9.18 Å². The summed E-state index contributed by atoms with van der Waals surface area (Å²) >= 11 is 0. The van der Waals surface area contributed by atoms with Gasteiger partial charge >= 0.3 is 0 Å². The van der Waals surface area contributed by atoms with Crippen molar-refractivity contribution in [2.75, 3.05) is 12.4 Å². The molecule has 0 unspecified atom stereocenters. The fourth-order valence-corrected chi connectivity index (χ4v) is 2.75. The summed E-state index contributed by atoms with van der Waals surface area (Å²) in [4.78, 5) is 20.9. The molecule has 29 heavy (non-hydrogen) atoms. The summed E-state index contributed by atoms with van der Waals surface area (Å²) in [6.07, 6.45) is 0. The van der Waals surface area contributed by atoms with E-state index in [-0.39, 0.29) is 17.6 Å². The van der Waals surface area contributed by atoms with Crippen LogP contribution in [0.1, 0.15) is 16.4 Å². The summed E-state index contributed by atoms with van der Waals surface area (Å²) in [7, 11) is 1.56. The second-order valence-corrected chi connectivity index (χ2v) is 6.03. The Morgan fingerprint density at radius 1 is 1.14 bits per heavy atom. The van der Waals surface area contributed by atoms with Crippen LogP contribution in [-0.4, -0.2) is 43.0 Å². The minimum atomic E-state index is -0.570. The Kier molecular flexibility index (Phi) is 4.73. The lowest BCUT2D eigenvalue weighted by molar-refractivity contribution is 0.101. The van der Waals surface area contributed by atoms with Crippen LogP contribution in [0.15, 0.2) is 48.5 Å². The molecule has 4 rings (SSSR count). The third-order valence-corrected chi connectivity index (χ3v) is 4.12. The van der Waals surface area contributed by atoms with Crippen LogP contribution < -0.4 is 10.1 Å². The highest BCUT2D eigenvalue weighted by molar-refractivity contribution is 6.00. The fraction of sp³-hybridized carbons (Fsp3) is 0.105. The normalized spacial score (nSPS) is 10.7. The van der Waals surface area contributed by atoms with Crippen molar-refractivity contribution >= 4 is 11.9 Å². The van der Waals surface area contributed by atoms with E-state index < -0.39 is 5.91 Å². The van der Waals surface area contributed by atoms with Gasteiger partial charge in [0.25, 0.3) is 5.91 Å². The number of hydrogen-bond acceptors (Lipinski definition) is 6. The van der Waals surface area contributed by atoms with Gasteiger partial charge in [0, 0.05) is 0 Å². The molecule has 2 aromatic carbocycles. The van der Waals surface area contributed by atoms with Crippen molar-refractivity contribution in [3.63, 3.8) is 0 Å². The molecule has 2 aromatic heterocycles. The minimum absolute atomic E-state index is 0.0598. The highest BCUT2D eigenvalue weighted by Gasteiger charge is 2.18. The molecule has 0 atom stereocenters. The first-order chi connectivity index (χ1) is 14.0. The highest BCUT2D eigenvalue weighted by atomic mass is 19.1. The summed E-state index contributed by atoms with van der Waals surface area (Å²) in [5, 5.41) is 13.5. The molecular formula is C19H16FN7O2. The predicted octanol–water partition coefficient (Wildman–Crippen LogP) is 2.76. The molecule has 10 heteroatoms. The fourth-order valence-electron chi connectivity index (χ4n) is 2.75. The number of nitrogens with zero attached hydrogens (tertiary/aromatic N) is 5. The lowest BCUT2D eigenvalue weighted by Gasteiger charge is -2.04. The van der Waals surface area contributed by atoms with Crippen molar-refractivity contribution in [1.29, 1.82) is 0 Å². The molecule has 0 aliphatic rings. The molecule has 0 aliphatic heterocycles. The zero-order valence-electron chi connectivity index (χ0n) is 15.5. The van der Waals surface area contributed by atoms with E-state index in [0.29, 0.717) is 28.6 Å². The quantitative estimate of drug-likeness (QED) is 0.539. The first-order valence-corrected chi connectivity index (χ1v) is 8.62. The second-order valence-electron chi connectivity index (χ2n) is 6.03. The highest BCUT2D eigenvalue weighted by Crippen LogP contribution is 2.27. The van der Waals surface area contributed by atoms with Crippen LogP contribution >= 0.6 is 0 Å². The van der Waals surface area contributed by atoms with Crippen molar-refractivity contribution in [2.45, 2.75) is 6.92 Å². The van der Waals surface area contributed by atoms with Gasteiger partial charge in [0.1, 0.15) is 17.4 Å². The van der Waals surface area contributed by atoms with E-state index in [1.807, 2.05) is 18.2 Å². The number of rotatable bonds is 5. The van der Waals surface area contributed by atoms with Gasteiger partial charge in [-0.25, -0.2) is 14.1 Å². The molecule has 0 radical (unpaired) electrons. The summed E-state index contributed by atoms with van der Waals surface area (Å²) in [6.45, 7) is 1.69. The molecule has 2 N–H and O–H groups in total. The molecular weight excluding hydrogens is 377 g/mol. The molecule has 0 fully saturated rings. The molecule has 0 spiro atoms. The zero-order valence-corrected chi connectivity index (χ0v) is 15.5. The van der Waals surface area contributed by atoms with Crippen LogP contribution in [0.2, 0.25) is 0 Å². The van der Waals surface area contributed by atoms with Crippen LogP contribution in [-0.2, 0) is 0 Å². The average Bonchev–Trinajstić information content (AvgIpc) is 3.35. The molecule has 4 aromatic rings. The number of aryl methyl sites for hydroxylation is 1. The summed E-state index contributed by atoms with van der Waals surface area (Å²) in [5.41, 5.74) is 1.30. The molecule has 0 bridgehead atoms. The van der Waals surface area contributed by atoms with E-state index in [4.69, 9.17) is 4.74 Å². The smallest absolute Gasteiger partial charge is 0.297 e. The van der Waals surface area contributed by atoms with Gasteiger partial charge in [-0.1, -0.05) is 12.1 Å². The molecule has 146 valence electrons. The number of benzene rings is 2. The number of ether oxygens (including phenoxy) is 1. The number of carbonyl (C=O) groups excluding carboxylic acids is 1. The number of anilines is 1. The number of hydrogen-bond donors (Lipinski definition) is 2. The molecule has 1 amide bonds. The SMILES string of the molecule is COc1ccccc1-c1nc(NC(=O)c2nc(C)n(-c3ccc(F)cc3)n2)n[nH]1. The lowest BCUT2D eigenvalue weighted by Crippen LogP contribution is -2.15. The number of carbonyl (C=O) groups is 1. The number of methoxy groups -OCH3 is 1. The van der Waals surface area contributed by atoms with E-state index >= 15 is 0 Å². The van der Waals surface area contributed by atoms with Crippen molar-refractivity contribution in [3.8, 4) is 22.8 Å². The lowest BCUT2D eigenvalue weighted by atomic mass is 10.2. The average molecular weight is 393 g/mol. The Morgan fingerprint density at radius 2 is 1.90 bits per heavy atom. The Labute approximate surface area is 164 Å². The van der Waals surface area contributed by atoms with Gasteiger partial charge in [-0.3, -0.25) is 15.2 Å². The number of H-pyrrole nitrogens is 1. The topological polar surface area (TPSA) is 111 Å². The van der Waals surface area contributed by atoms with Gasteiger partial charge in [0.15, 0.2) is 5.82 Å². The summed E-state index contributed by atoms with van der Waals surface area (Å²) in [5.74, 6) is 0.628. The summed E-state index contributed by atoms with van der Waals surface area (Å²) in [6, 6.07) is 13.0. The number of para-hydroxylation sites is 1. The van der Waals surface area contributed by atoms with Gasteiger partial charge in [-0.15, -0.1) is 10.2 Å². The monoisotopic (exact) mass is 393 g/mol. The maximum Gasteiger partial charge on any atom is 0.297 e. The van der Waals surface area contributed by atoms with Crippen molar-refractivity contribution in [3.05, 3.63) is 66.0 Å².